The van der Waals surface area contributed by atoms with Crippen molar-refractivity contribution in [3.8, 4) is 0 Å². The molecule has 1 N–H and O–H groups in total. The summed E-state index contributed by atoms with van der Waals surface area (Å²) in [5, 5.41) is 7.91. The van der Waals surface area contributed by atoms with Crippen LogP contribution in [0.4, 0.5) is 0 Å². The SMILES string of the molecule is O=C(Cn1cccn1)NCC1CCN(Cc2ccccc2Cl)CC1. The number of carbonyl (C=O) groups excluding carboxylic acids is 1. The molecule has 1 aromatic heterocycles. The Morgan fingerprint density at radius 3 is 2.75 bits per heavy atom. The molecule has 1 amide bonds. The minimum Gasteiger partial charge on any atom is -0.354 e. The minimum absolute atomic E-state index is 0.0252. The maximum absolute atomic E-state index is 11.9. The fraction of sp³-hybridized carbons (Fsp3) is 0.444. The number of benzene rings is 1. The predicted molar refractivity (Wildman–Crippen MR) is 94.7 cm³/mol. The van der Waals surface area contributed by atoms with Gasteiger partial charge in [-0.3, -0.25) is 14.4 Å². The van der Waals surface area contributed by atoms with E-state index in [2.05, 4.69) is 21.4 Å². The zero-order valence-electron chi connectivity index (χ0n) is 13.7. The van der Waals surface area contributed by atoms with E-state index >= 15 is 0 Å². The molecule has 1 aromatic carbocycles. The zero-order chi connectivity index (χ0) is 16.8. The van der Waals surface area contributed by atoms with Gasteiger partial charge in [0.25, 0.3) is 0 Å². The zero-order valence-corrected chi connectivity index (χ0v) is 14.5. The second-order valence-electron chi connectivity index (χ2n) is 6.32. The Bertz CT molecular complexity index is 651. The summed E-state index contributed by atoms with van der Waals surface area (Å²) in [6.07, 6.45) is 5.69. The van der Waals surface area contributed by atoms with Crippen molar-refractivity contribution in [2.75, 3.05) is 19.6 Å². The van der Waals surface area contributed by atoms with E-state index in [-0.39, 0.29) is 5.91 Å². The molecule has 128 valence electrons. The molecule has 0 atom stereocenters. The van der Waals surface area contributed by atoms with Crippen LogP contribution in [0.1, 0.15) is 18.4 Å². The summed E-state index contributed by atoms with van der Waals surface area (Å²) in [6, 6.07) is 9.85. The van der Waals surface area contributed by atoms with Gasteiger partial charge in [0.15, 0.2) is 0 Å². The lowest BCUT2D eigenvalue weighted by Gasteiger charge is -2.32. The molecule has 0 spiro atoms. The van der Waals surface area contributed by atoms with Crippen LogP contribution in [0.15, 0.2) is 42.7 Å². The number of carbonyl (C=O) groups is 1. The van der Waals surface area contributed by atoms with Crippen molar-refractivity contribution < 1.29 is 4.79 Å². The molecule has 1 fully saturated rings. The number of hydrogen-bond acceptors (Lipinski definition) is 3. The van der Waals surface area contributed by atoms with Crippen LogP contribution in [0.25, 0.3) is 0 Å². The van der Waals surface area contributed by atoms with Crippen LogP contribution in [-0.4, -0.2) is 40.2 Å². The molecule has 1 aliphatic rings. The van der Waals surface area contributed by atoms with Gasteiger partial charge in [-0.2, -0.15) is 5.10 Å². The molecular formula is C18H23ClN4O. The van der Waals surface area contributed by atoms with E-state index in [4.69, 9.17) is 11.6 Å². The number of hydrogen-bond donors (Lipinski definition) is 1. The first-order valence-corrected chi connectivity index (χ1v) is 8.78. The van der Waals surface area contributed by atoms with Gasteiger partial charge < -0.3 is 5.32 Å². The van der Waals surface area contributed by atoms with Crippen LogP contribution >= 0.6 is 11.6 Å². The summed E-state index contributed by atoms with van der Waals surface area (Å²) in [6.45, 7) is 4.03. The molecule has 0 unspecified atom stereocenters. The van der Waals surface area contributed by atoms with Crippen molar-refractivity contribution in [1.29, 1.82) is 0 Å². The normalized spacial score (nSPS) is 16.2. The Labute approximate surface area is 147 Å². The molecule has 2 aromatic rings. The van der Waals surface area contributed by atoms with Gasteiger partial charge in [0, 0.05) is 30.5 Å². The molecule has 6 heteroatoms. The summed E-state index contributed by atoms with van der Waals surface area (Å²) in [4.78, 5) is 14.3. The first-order valence-electron chi connectivity index (χ1n) is 8.40. The first kappa shape index (κ1) is 17.0. The van der Waals surface area contributed by atoms with E-state index in [9.17, 15) is 4.79 Å². The number of halogens is 1. The maximum atomic E-state index is 11.9. The molecule has 24 heavy (non-hydrogen) atoms. The molecule has 3 rings (SSSR count). The number of nitrogens with one attached hydrogen (secondary N) is 1. The molecule has 0 bridgehead atoms. The Morgan fingerprint density at radius 1 is 1.25 bits per heavy atom. The number of likely N-dealkylation sites (tertiary alicyclic amines) is 1. The molecule has 0 radical (unpaired) electrons. The Morgan fingerprint density at radius 2 is 2.04 bits per heavy atom. The first-order chi connectivity index (χ1) is 11.7. The van der Waals surface area contributed by atoms with Crippen molar-refractivity contribution in [3.63, 3.8) is 0 Å². The van der Waals surface area contributed by atoms with E-state index in [1.807, 2.05) is 24.3 Å². The molecule has 1 aliphatic heterocycles. The summed E-state index contributed by atoms with van der Waals surface area (Å²) in [5.74, 6) is 0.575. The average molecular weight is 347 g/mol. The molecule has 5 nitrogen and oxygen atoms in total. The largest absolute Gasteiger partial charge is 0.354 e. The predicted octanol–water partition coefficient (Wildman–Crippen LogP) is 2.56. The highest BCUT2D eigenvalue weighted by atomic mass is 35.5. The second-order valence-corrected chi connectivity index (χ2v) is 6.73. The Hall–Kier alpha value is -1.85. The van der Waals surface area contributed by atoms with Crippen LogP contribution < -0.4 is 5.32 Å². The summed E-state index contributed by atoms with van der Waals surface area (Å²) in [5.41, 5.74) is 1.19. The van der Waals surface area contributed by atoms with Crippen LogP contribution in [0, 0.1) is 5.92 Å². The standard InChI is InChI=1S/C18H23ClN4O/c19-17-5-2-1-4-16(17)13-22-10-6-15(7-11-22)12-20-18(24)14-23-9-3-8-21-23/h1-5,8-9,15H,6-7,10-14H2,(H,20,24). The lowest BCUT2D eigenvalue weighted by Crippen LogP contribution is -2.39. The third-order valence-corrected chi connectivity index (χ3v) is 4.88. The van der Waals surface area contributed by atoms with Crippen molar-refractivity contribution in [3.05, 3.63) is 53.3 Å². The second kappa shape index (κ2) is 8.31. The number of nitrogens with zero attached hydrogens (tertiary/aromatic N) is 3. The smallest absolute Gasteiger partial charge is 0.241 e. The minimum atomic E-state index is 0.0252. The third kappa shape index (κ3) is 4.82. The van der Waals surface area contributed by atoms with Crippen molar-refractivity contribution in [2.45, 2.75) is 25.9 Å². The maximum Gasteiger partial charge on any atom is 0.241 e. The summed E-state index contributed by atoms with van der Waals surface area (Å²) < 4.78 is 1.64. The van der Waals surface area contributed by atoms with Crippen LogP contribution in [0.2, 0.25) is 5.02 Å². The van der Waals surface area contributed by atoms with Crippen molar-refractivity contribution in [1.82, 2.24) is 20.0 Å². The lowest BCUT2D eigenvalue weighted by molar-refractivity contribution is -0.122. The van der Waals surface area contributed by atoms with E-state index < -0.39 is 0 Å². The molecule has 0 aliphatic carbocycles. The highest BCUT2D eigenvalue weighted by molar-refractivity contribution is 6.31. The monoisotopic (exact) mass is 346 g/mol. The lowest BCUT2D eigenvalue weighted by atomic mass is 9.96. The Balaban J connectivity index is 1.37. The van der Waals surface area contributed by atoms with Gasteiger partial charge in [-0.25, -0.2) is 0 Å². The van der Waals surface area contributed by atoms with Gasteiger partial charge in [-0.05, 0) is 49.5 Å². The highest BCUT2D eigenvalue weighted by Crippen LogP contribution is 2.21. The average Bonchev–Trinajstić information content (AvgIpc) is 3.09. The third-order valence-electron chi connectivity index (χ3n) is 4.51. The fourth-order valence-electron chi connectivity index (χ4n) is 3.07. The number of amides is 1. The van der Waals surface area contributed by atoms with E-state index in [1.54, 1.807) is 17.1 Å². The molecule has 1 saturated heterocycles. The van der Waals surface area contributed by atoms with Gasteiger partial charge >= 0.3 is 0 Å². The van der Waals surface area contributed by atoms with Gasteiger partial charge in [0.2, 0.25) is 5.91 Å². The molecule has 0 saturated carbocycles. The van der Waals surface area contributed by atoms with E-state index in [0.29, 0.717) is 12.5 Å². The van der Waals surface area contributed by atoms with Crippen LogP contribution in [0.5, 0.6) is 0 Å². The van der Waals surface area contributed by atoms with E-state index in [0.717, 1.165) is 44.0 Å². The number of rotatable bonds is 6. The van der Waals surface area contributed by atoms with Gasteiger partial charge in [0.1, 0.15) is 6.54 Å². The number of aromatic nitrogens is 2. The van der Waals surface area contributed by atoms with Gasteiger partial charge in [-0.1, -0.05) is 29.8 Å². The fourth-order valence-corrected chi connectivity index (χ4v) is 3.27. The number of piperidine rings is 1. The van der Waals surface area contributed by atoms with Crippen molar-refractivity contribution >= 4 is 17.5 Å². The van der Waals surface area contributed by atoms with Crippen LogP contribution in [-0.2, 0) is 17.9 Å². The van der Waals surface area contributed by atoms with Crippen LogP contribution in [0.3, 0.4) is 0 Å². The topological polar surface area (TPSA) is 50.2 Å². The molecular weight excluding hydrogens is 324 g/mol. The van der Waals surface area contributed by atoms with E-state index in [1.165, 1.54) is 5.56 Å². The quantitative estimate of drug-likeness (QED) is 0.874. The van der Waals surface area contributed by atoms with Gasteiger partial charge in [-0.15, -0.1) is 0 Å². The van der Waals surface area contributed by atoms with Crippen molar-refractivity contribution in [2.24, 2.45) is 5.92 Å². The summed E-state index contributed by atoms with van der Waals surface area (Å²) >= 11 is 6.23. The highest BCUT2D eigenvalue weighted by Gasteiger charge is 2.20. The summed E-state index contributed by atoms with van der Waals surface area (Å²) in [7, 11) is 0. The van der Waals surface area contributed by atoms with Gasteiger partial charge in [0.05, 0.1) is 0 Å². The Kier molecular flexibility index (Phi) is 5.88. The molecule has 2 heterocycles.